The van der Waals surface area contributed by atoms with Gasteiger partial charge in [-0.2, -0.15) is 0 Å². The lowest BCUT2D eigenvalue weighted by Gasteiger charge is -2.16. The van der Waals surface area contributed by atoms with Crippen LogP contribution >= 0.6 is 0 Å². The summed E-state index contributed by atoms with van der Waals surface area (Å²) in [5.41, 5.74) is 0. The minimum Gasteiger partial charge on any atom is -0.478 e. The molecular formula is C21H24O12. The number of hydrogen-bond donors (Lipinski definition) is 1. The van der Waals surface area contributed by atoms with Crippen LogP contribution in [0.25, 0.3) is 0 Å². The van der Waals surface area contributed by atoms with Crippen LogP contribution in [-0.2, 0) is 52.3 Å². The SMILES string of the molecule is C[C@H]1CO[C@H]2[C@@H]1OC[C@@H]2OC(=O)/C=C/C(=O)O[C@H]1CO[C@H]2[C@@H]1OC[C@@H]2OC(=O)/C=C/C(=O)O. The summed E-state index contributed by atoms with van der Waals surface area (Å²) in [5, 5.41) is 8.55. The van der Waals surface area contributed by atoms with Gasteiger partial charge in [0, 0.05) is 30.2 Å². The molecule has 4 aliphatic rings. The van der Waals surface area contributed by atoms with E-state index in [1.54, 1.807) is 0 Å². The molecule has 0 radical (unpaired) electrons. The maximum atomic E-state index is 12.1. The maximum Gasteiger partial charge on any atom is 0.331 e. The van der Waals surface area contributed by atoms with Crippen molar-refractivity contribution in [2.75, 3.05) is 26.4 Å². The van der Waals surface area contributed by atoms with Crippen LogP contribution in [0.3, 0.4) is 0 Å². The zero-order valence-corrected chi connectivity index (χ0v) is 17.7. The Morgan fingerprint density at radius 1 is 0.636 bits per heavy atom. The van der Waals surface area contributed by atoms with Crippen LogP contribution in [0.15, 0.2) is 24.3 Å². The molecule has 4 aliphatic heterocycles. The van der Waals surface area contributed by atoms with Gasteiger partial charge in [0.1, 0.15) is 18.3 Å². The van der Waals surface area contributed by atoms with Crippen molar-refractivity contribution in [3.63, 3.8) is 0 Å². The standard InChI is InChI=1S/C21H24O12/c1-10-6-27-19-11(7-28-18(10)19)31-16(25)4-5-17(26)33-13-9-30-20-12(8-29-21(13)20)32-15(24)3-2-14(22)23/h2-5,10-13,18-21H,6-9H2,1H3,(H,22,23)/b3-2+,5-4+/t10-,11-,12-,13-,18+,19+,20+,21+/m0/s1. The van der Waals surface area contributed by atoms with Crippen LogP contribution in [0.2, 0.25) is 0 Å². The molecule has 33 heavy (non-hydrogen) atoms. The minimum absolute atomic E-state index is 0.00447. The van der Waals surface area contributed by atoms with Crippen molar-refractivity contribution in [3.05, 3.63) is 24.3 Å². The molecule has 0 unspecified atom stereocenters. The summed E-state index contributed by atoms with van der Waals surface area (Å²) < 4.78 is 38.0. The summed E-state index contributed by atoms with van der Waals surface area (Å²) in [6.45, 7) is 2.79. The molecule has 0 bridgehead atoms. The van der Waals surface area contributed by atoms with E-state index >= 15 is 0 Å². The van der Waals surface area contributed by atoms with Crippen molar-refractivity contribution in [1.29, 1.82) is 0 Å². The van der Waals surface area contributed by atoms with E-state index in [4.69, 9.17) is 38.3 Å². The van der Waals surface area contributed by atoms with Crippen molar-refractivity contribution >= 4 is 23.9 Å². The number of carbonyl (C=O) groups excluding carboxylic acids is 3. The second kappa shape index (κ2) is 10.00. The number of hydrogen-bond acceptors (Lipinski definition) is 11. The van der Waals surface area contributed by atoms with E-state index in [2.05, 4.69) is 0 Å². The van der Waals surface area contributed by atoms with Gasteiger partial charge >= 0.3 is 23.9 Å². The molecule has 12 heteroatoms. The zero-order valence-electron chi connectivity index (χ0n) is 17.7. The van der Waals surface area contributed by atoms with E-state index < -0.39 is 54.4 Å². The van der Waals surface area contributed by atoms with Crippen LogP contribution in [0.1, 0.15) is 6.92 Å². The summed E-state index contributed by atoms with van der Waals surface area (Å²) in [6.07, 6.45) is -0.447. The molecule has 0 aromatic rings. The number of carboxylic acids is 1. The van der Waals surface area contributed by atoms with Crippen molar-refractivity contribution < 1.29 is 57.4 Å². The van der Waals surface area contributed by atoms with Crippen molar-refractivity contribution in [2.24, 2.45) is 5.92 Å². The molecule has 0 aromatic heterocycles. The van der Waals surface area contributed by atoms with E-state index in [1.165, 1.54) is 0 Å². The van der Waals surface area contributed by atoms with Crippen molar-refractivity contribution in [2.45, 2.75) is 49.7 Å². The van der Waals surface area contributed by atoms with Crippen molar-refractivity contribution in [1.82, 2.24) is 0 Å². The normalized spacial score (nSPS) is 37.2. The Hall–Kier alpha value is -2.80. The average Bonchev–Trinajstić information content (AvgIpc) is 3.52. The first kappa shape index (κ1) is 23.4. The second-order valence-electron chi connectivity index (χ2n) is 8.10. The monoisotopic (exact) mass is 468 g/mol. The average molecular weight is 468 g/mol. The van der Waals surface area contributed by atoms with Crippen LogP contribution in [-0.4, -0.2) is 98.1 Å². The van der Waals surface area contributed by atoms with Crippen LogP contribution in [0, 0.1) is 5.92 Å². The molecule has 12 nitrogen and oxygen atoms in total. The fourth-order valence-corrected chi connectivity index (χ4v) is 4.23. The van der Waals surface area contributed by atoms with Gasteiger partial charge in [-0.05, 0) is 0 Å². The number of carboxylic acid groups (broad SMARTS) is 1. The van der Waals surface area contributed by atoms with E-state index in [0.29, 0.717) is 12.7 Å². The van der Waals surface area contributed by atoms with Gasteiger partial charge in [-0.15, -0.1) is 0 Å². The van der Waals surface area contributed by atoms with E-state index in [0.717, 1.165) is 18.2 Å². The summed E-state index contributed by atoms with van der Waals surface area (Å²) >= 11 is 0. The van der Waals surface area contributed by atoms with Crippen LogP contribution in [0.4, 0.5) is 0 Å². The molecule has 0 aliphatic carbocycles. The smallest absolute Gasteiger partial charge is 0.331 e. The number of fused-ring (bicyclic) bond motifs is 2. The Morgan fingerprint density at radius 2 is 1.00 bits per heavy atom. The molecule has 8 atom stereocenters. The van der Waals surface area contributed by atoms with Gasteiger partial charge in [-0.3, -0.25) is 0 Å². The molecule has 4 rings (SSSR count). The van der Waals surface area contributed by atoms with E-state index in [9.17, 15) is 19.2 Å². The molecular weight excluding hydrogens is 444 g/mol. The predicted octanol–water partition coefficient (Wildman–Crippen LogP) is -0.850. The third-order valence-electron chi connectivity index (χ3n) is 5.74. The van der Waals surface area contributed by atoms with Crippen LogP contribution in [0.5, 0.6) is 0 Å². The molecule has 0 amide bonds. The molecule has 4 fully saturated rings. The highest BCUT2D eigenvalue weighted by Crippen LogP contribution is 2.32. The summed E-state index contributed by atoms with van der Waals surface area (Å²) in [4.78, 5) is 46.3. The Bertz CT molecular complexity index is 850. The lowest BCUT2D eigenvalue weighted by molar-refractivity contribution is -0.151. The summed E-state index contributed by atoms with van der Waals surface area (Å²) in [5.74, 6) is -3.42. The largest absolute Gasteiger partial charge is 0.478 e. The first-order valence-corrected chi connectivity index (χ1v) is 10.5. The Kier molecular flexibility index (Phi) is 7.08. The van der Waals surface area contributed by atoms with E-state index in [-0.39, 0.29) is 37.9 Å². The third-order valence-corrected chi connectivity index (χ3v) is 5.74. The maximum absolute atomic E-state index is 12.1. The lowest BCUT2D eigenvalue weighted by Crippen LogP contribution is -2.35. The van der Waals surface area contributed by atoms with Gasteiger partial charge in [0.15, 0.2) is 18.3 Å². The fraction of sp³-hybridized carbons (Fsp3) is 0.619. The van der Waals surface area contributed by atoms with E-state index in [1.807, 2.05) is 6.92 Å². The second-order valence-corrected chi connectivity index (χ2v) is 8.10. The van der Waals surface area contributed by atoms with Gasteiger partial charge in [0.25, 0.3) is 0 Å². The van der Waals surface area contributed by atoms with Gasteiger partial charge in [-0.25, -0.2) is 19.2 Å². The topological polar surface area (TPSA) is 153 Å². The highest BCUT2D eigenvalue weighted by molar-refractivity contribution is 5.92. The number of esters is 3. The molecule has 0 spiro atoms. The number of ether oxygens (including phenoxy) is 7. The molecule has 4 saturated heterocycles. The number of rotatable bonds is 7. The number of aliphatic carboxylic acids is 1. The lowest BCUT2D eigenvalue weighted by atomic mass is 10.0. The molecule has 1 N–H and O–H groups in total. The van der Waals surface area contributed by atoms with Gasteiger partial charge < -0.3 is 38.3 Å². The Balaban J connectivity index is 1.22. The van der Waals surface area contributed by atoms with Gasteiger partial charge in [0.2, 0.25) is 0 Å². The molecule has 180 valence electrons. The zero-order chi connectivity index (χ0) is 23.5. The van der Waals surface area contributed by atoms with Gasteiger partial charge in [0.05, 0.1) is 32.5 Å². The fourth-order valence-electron chi connectivity index (χ4n) is 4.23. The molecule has 4 heterocycles. The van der Waals surface area contributed by atoms with Crippen molar-refractivity contribution in [3.8, 4) is 0 Å². The minimum atomic E-state index is -1.28. The Labute approximate surface area is 188 Å². The Morgan fingerprint density at radius 3 is 1.45 bits per heavy atom. The number of carbonyl (C=O) groups is 4. The molecule has 0 aromatic carbocycles. The summed E-state index contributed by atoms with van der Waals surface area (Å²) in [7, 11) is 0. The summed E-state index contributed by atoms with van der Waals surface area (Å²) in [6, 6.07) is 0. The highest BCUT2D eigenvalue weighted by atomic mass is 16.7. The first-order chi connectivity index (χ1) is 15.8. The van der Waals surface area contributed by atoms with Crippen LogP contribution < -0.4 is 0 Å². The third kappa shape index (κ3) is 5.41. The first-order valence-electron chi connectivity index (χ1n) is 10.5. The quantitative estimate of drug-likeness (QED) is 0.281. The molecule has 0 saturated carbocycles. The predicted molar refractivity (Wildman–Crippen MR) is 104 cm³/mol. The highest BCUT2D eigenvalue weighted by Gasteiger charge is 2.51. The van der Waals surface area contributed by atoms with Gasteiger partial charge in [-0.1, -0.05) is 6.92 Å².